The Labute approximate surface area is 75.0 Å². The van der Waals surface area contributed by atoms with Gasteiger partial charge in [-0.1, -0.05) is 0 Å². The Hall–Kier alpha value is -0.830. The number of carbonyl (C=O) groups is 1. The molecule has 0 spiro atoms. The van der Waals surface area contributed by atoms with Crippen molar-refractivity contribution in [3.8, 4) is 0 Å². The van der Waals surface area contributed by atoms with E-state index in [0.717, 1.165) is 5.56 Å². The Kier molecular flexibility index (Phi) is 2.87. The lowest BCUT2D eigenvalue weighted by Gasteiger charge is -2.03. The van der Waals surface area contributed by atoms with Crippen molar-refractivity contribution in [1.82, 2.24) is 0 Å². The number of thioether (sulfide) groups is 1. The highest BCUT2D eigenvalue weighted by atomic mass is 32.2. The average Bonchev–Trinajstić information content (AvgIpc) is 2.03. The van der Waals surface area contributed by atoms with Crippen molar-refractivity contribution in [2.45, 2.75) is 11.8 Å². The SMILES string of the molecule is CSc1c(C)cc(C=O)cc1F. The molecule has 0 aliphatic carbocycles. The smallest absolute Gasteiger partial charge is 0.150 e. The van der Waals surface area contributed by atoms with Crippen molar-refractivity contribution in [3.63, 3.8) is 0 Å². The fourth-order valence-electron chi connectivity index (χ4n) is 1.08. The third-order valence-electron chi connectivity index (χ3n) is 1.59. The standard InChI is InChI=1S/C9H9FOS/c1-6-3-7(5-11)4-8(10)9(6)12-2/h3-5H,1-2H3. The highest BCUT2D eigenvalue weighted by molar-refractivity contribution is 7.98. The second-order valence-corrected chi connectivity index (χ2v) is 3.29. The molecule has 0 heterocycles. The molecule has 0 saturated heterocycles. The summed E-state index contributed by atoms with van der Waals surface area (Å²) in [7, 11) is 0. The molecule has 1 aromatic rings. The van der Waals surface area contributed by atoms with Gasteiger partial charge in [-0.2, -0.15) is 0 Å². The molecule has 0 amide bonds. The molecular formula is C9H9FOS. The molecule has 1 aromatic carbocycles. The zero-order chi connectivity index (χ0) is 9.14. The topological polar surface area (TPSA) is 17.1 Å². The van der Waals surface area contributed by atoms with Gasteiger partial charge in [0, 0.05) is 10.5 Å². The number of rotatable bonds is 2. The normalized spacial score (nSPS) is 9.92. The molecule has 0 bridgehead atoms. The maximum atomic E-state index is 13.1. The van der Waals surface area contributed by atoms with E-state index in [2.05, 4.69) is 0 Å². The molecule has 12 heavy (non-hydrogen) atoms. The second-order valence-electron chi connectivity index (χ2n) is 2.47. The van der Waals surface area contributed by atoms with Crippen molar-refractivity contribution in [3.05, 3.63) is 29.1 Å². The molecule has 0 saturated carbocycles. The summed E-state index contributed by atoms with van der Waals surface area (Å²) in [6.45, 7) is 1.79. The van der Waals surface area contributed by atoms with Gasteiger partial charge in [0.05, 0.1) is 0 Å². The largest absolute Gasteiger partial charge is 0.298 e. The van der Waals surface area contributed by atoms with E-state index < -0.39 is 0 Å². The molecule has 0 radical (unpaired) electrons. The second kappa shape index (κ2) is 3.72. The van der Waals surface area contributed by atoms with Gasteiger partial charge < -0.3 is 0 Å². The first kappa shape index (κ1) is 9.26. The van der Waals surface area contributed by atoms with Crippen LogP contribution in [0.5, 0.6) is 0 Å². The lowest BCUT2D eigenvalue weighted by molar-refractivity contribution is 0.112. The zero-order valence-corrected chi connectivity index (χ0v) is 7.74. The monoisotopic (exact) mass is 184 g/mol. The molecule has 1 rings (SSSR count). The average molecular weight is 184 g/mol. The van der Waals surface area contributed by atoms with Crippen LogP contribution in [-0.2, 0) is 0 Å². The molecule has 64 valence electrons. The van der Waals surface area contributed by atoms with Crippen LogP contribution in [0.2, 0.25) is 0 Å². The van der Waals surface area contributed by atoms with E-state index >= 15 is 0 Å². The molecule has 3 heteroatoms. The number of halogens is 1. The van der Waals surface area contributed by atoms with E-state index in [4.69, 9.17) is 0 Å². The summed E-state index contributed by atoms with van der Waals surface area (Å²) in [4.78, 5) is 10.9. The Bertz CT molecular complexity index is 286. The molecule has 0 aliphatic rings. The van der Waals surface area contributed by atoms with E-state index in [0.29, 0.717) is 16.7 Å². The van der Waals surface area contributed by atoms with Crippen molar-refractivity contribution >= 4 is 18.0 Å². The number of hydrogen-bond acceptors (Lipinski definition) is 2. The number of benzene rings is 1. The van der Waals surface area contributed by atoms with E-state index in [1.54, 1.807) is 13.0 Å². The molecule has 0 aromatic heterocycles. The quantitative estimate of drug-likeness (QED) is 0.519. The molecule has 1 nitrogen and oxygen atoms in total. The van der Waals surface area contributed by atoms with Gasteiger partial charge in [-0.15, -0.1) is 11.8 Å². The van der Waals surface area contributed by atoms with Gasteiger partial charge in [0.25, 0.3) is 0 Å². The van der Waals surface area contributed by atoms with Crippen LogP contribution in [-0.4, -0.2) is 12.5 Å². The van der Waals surface area contributed by atoms with Crippen LogP contribution in [0.1, 0.15) is 15.9 Å². The fraction of sp³-hybridized carbons (Fsp3) is 0.222. The Balaban J connectivity index is 3.27. The van der Waals surface area contributed by atoms with Gasteiger partial charge in [0.15, 0.2) is 0 Å². The predicted octanol–water partition coefficient (Wildman–Crippen LogP) is 2.67. The number of carbonyl (C=O) groups excluding carboxylic acids is 1. The number of aldehydes is 1. The highest BCUT2D eigenvalue weighted by Crippen LogP contribution is 2.24. The van der Waals surface area contributed by atoms with Crippen molar-refractivity contribution in [1.29, 1.82) is 0 Å². The summed E-state index contributed by atoms with van der Waals surface area (Å²) >= 11 is 1.35. The van der Waals surface area contributed by atoms with Crippen LogP contribution in [0.3, 0.4) is 0 Å². The summed E-state index contributed by atoms with van der Waals surface area (Å²) in [5.74, 6) is -0.315. The number of hydrogen-bond donors (Lipinski definition) is 0. The van der Waals surface area contributed by atoms with Gasteiger partial charge >= 0.3 is 0 Å². The first-order valence-electron chi connectivity index (χ1n) is 3.48. The van der Waals surface area contributed by atoms with Crippen LogP contribution in [0.15, 0.2) is 17.0 Å². The molecule has 0 aliphatic heterocycles. The molecule has 0 unspecified atom stereocenters. The number of aryl methyl sites for hydroxylation is 1. The summed E-state index contributed by atoms with van der Waals surface area (Å²) in [5, 5.41) is 0. The zero-order valence-electron chi connectivity index (χ0n) is 6.93. The van der Waals surface area contributed by atoms with Crippen molar-refractivity contribution in [2.24, 2.45) is 0 Å². The summed E-state index contributed by atoms with van der Waals surface area (Å²) < 4.78 is 13.1. The fourth-order valence-corrected chi connectivity index (χ4v) is 1.72. The van der Waals surface area contributed by atoms with Crippen LogP contribution in [0, 0.1) is 12.7 Å². The molecular weight excluding hydrogens is 175 g/mol. The van der Waals surface area contributed by atoms with E-state index in [9.17, 15) is 9.18 Å². The van der Waals surface area contributed by atoms with E-state index in [1.165, 1.54) is 17.8 Å². The van der Waals surface area contributed by atoms with Gasteiger partial charge in [0.2, 0.25) is 0 Å². The summed E-state index contributed by atoms with van der Waals surface area (Å²) in [6.07, 6.45) is 2.46. The Morgan fingerprint density at radius 1 is 1.50 bits per heavy atom. The lowest BCUT2D eigenvalue weighted by Crippen LogP contribution is -1.89. The first-order chi connectivity index (χ1) is 5.69. The minimum atomic E-state index is -0.315. The van der Waals surface area contributed by atoms with Gasteiger partial charge in [-0.05, 0) is 30.9 Å². The van der Waals surface area contributed by atoms with Crippen molar-refractivity contribution in [2.75, 3.05) is 6.26 Å². The Morgan fingerprint density at radius 2 is 2.17 bits per heavy atom. The molecule has 0 atom stereocenters. The van der Waals surface area contributed by atoms with Crippen LogP contribution in [0.4, 0.5) is 4.39 Å². The maximum Gasteiger partial charge on any atom is 0.150 e. The predicted molar refractivity (Wildman–Crippen MR) is 48.3 cm³/mol. The van der Waals surface area contributed by atoms with Crippen LogP contribution < -0.4 is 0 Å². The lowest BCUT2D eigenvalue weighted by atomic mass is 10.1. The minimum Gasteiger partial charge on any atom is -0.298 e. The summed E-state index contributed by atoms with van der Waals surface area (Å²) in [6, 6.07) is 2.94. The third-order valence-corrected chi connectivity index (χ3v) is 2.52. The van der Waals surface area contributed by atoms with Gasteiger partial charge in [0.1, 0.15) is 12.1 Å². The highest BCUT2D eigenvalue weighted by Gasteiger charge is 2.05. The van der Waals surface area contributed by atoms with E-state index in [-0.39, 0.29) is 5.82 Å². The Morgan fingerprint density at radius 3 is 2.58 bits per heavy atom. The minimum absolute atomic E-state index is 0.315. The first-order valence-corrected chi connectivity index (χ1v) is 4.71. The van der Waals surface area contributed by atoms with Crippen LogP contribution >= 0.6 is 11.8 Å². The van der Waals surface area contributed by atoms with E-state index in [1.807, 2.05) is 6.26 Å². The van der Waals surface area contributed by atoms with Gasteiger partial charge in [-0.25, -0.2) is 4.39 Å². The maximum absolute atomic E-state index is 13.1. The molecule has 0 fully saturated rings. The molecule has 0 N–H and O–H groups in total. The third kappa shape index (κ3) is 1.67. The van der Waals surface area contributed by atoms with Gasteiger partial charge in [-0.3, -0.25) is 4.79 Å². The van der Waals surface area contributed by atoms with Crippen LogP contribution in [0.25, 0.3) is 0 Å². The summed E-state index contributed by atoms with van der Waals surface area (Å²) in [5.41, 5.74) is 1.20. The van der Waals surface area contributed by atoms with Crippen molar-refractivity contribution < 1.29 is 9.18 Å².